The molecule has 0 aromatic heterocycles. The lowest BCUT2D eigenvalue weighted by atomic mass is 10.2. The predicted molar refractivity (Wildman–Crippen MR) is 105 cm³/mol. The van der Waals surface area contributed by atoms with Crippen molar-refractivity contribution in [3.63, 3.8) is 0 Å². The average molecular weight is 372 g/mol. The second-order valence-corrected chi connectivity index (χ2v) is 6.11. The highest BCUT2D eigenvalue weighted by atomic mass is 16.1. The molecule has 0 amide bonds. The van der Waals surface area contributed by atoms with Crippen LogP contribution in [0.15, 0.2) is 83.0 Å². The Morgan fingerprint density at radius 1 is 0.679 bits per heavy atom. The standard InChI is InChI=1S/C20H12N4O4/c1-10(21-23-15-17(25)11-6-2-3-7-12(11)18(15)26)22-24-16-19(27)13-8-4-5-9-14(13)20(16)28/h2-9H,1H3,(H,21,22). The zero-order valence-electron chi connectivity index (χ0n) is 14.6. The summed E-state index contributed by atoms with van der Waals surface area (Å²) in [6.07, 6.45) is 0. The lowest BCUT2D eigenvalue weighted by Crippen LogP contribution is -2.35. The zero-order chi connectivity index (χ0) is 19.8. The highest BCUT2D eigenvalue weighted by Gasteiger charge is 2.11. The molecule has 0 aliphatic carbocycles. The molecule has 0 fully saturated rings. The lowest BCUT2D eigenvalue weighted by Gasteiger charge is -1.92. The Labute approximate surface area is 155 Å². The fourth-order valence-electron chi connectivity index (χ4n) is 2.95. The Morgan fingerprint density at radius 3 is 1.50 bits per heavy atom. The number of hydrogen-bond donors (Lipinski definition) is 1. The molecule has 0 unspecified atom stereocenters. The molecule has 136 valence electrons. The minimum absolute atomic E-state index is 0.105. The summed E-state index contributed by atoms with van der Waals surface area (Å²) in [5.41, 5.74) is 0.497. The van der Waals surface area contributed by atoms with Crippen LogP contribution in [0.5, 0.6) is 0 Å². The summed E-state index contributed by atoms with van der Waals surface area (Å²) in [6, 6.07) is 12.9. The summed E-state index contributed by atoms with van der Waals surface area (Å²) >= 11 is 0. The van der Waals surface area contributed by atoms with E-state index < -0.39 is 21.7 Å². The van der Waals surface area contributed by atoms with Gasteiger partial charge in [0.2, 0.25) is 21.7 Å². The molecule has 0 spiro atoms. The maximum atomic E-state index is 12.3. The first kappa shape index (κ1) is 17.3. The molecule has 0 radical (unpaired) electrons. The number of benzene rings is 2. The van der Waals surface area contributed by atoms with Crippen LogP contribution in [-0.4, -0.2) is 5.84 Å². The minimum Gasteiger partial charge on any atom is -0.287 e. The summed E-state index contributed by atoms with van der Waals surface area (Å²) in [6.45, 7) is 1.47. The quantitative estimate of drug-likeness (QED) is 0.290. The van der Waals surface area contributed by atoms with Crippen LogP contribution in [0.25, 0.3) is 21.5 Å². The Balaban J connectivity index is 1.75. The minimum atomic E-state index is -0.500. The van der Waals surface area contributed by atoms with Gasteiger partial charge in [0.15, 0.2) is 10.7 Å². The van der Waals surface area contributed by atoms with E-state index in [4.69, 9.17) is 0 Å². The van der Waals surface area contributed by atoms with Crippen LogP contribution in [-0.2, 0) is 0 Å². The van der Waals surface area contributed by atoms with Gasteiger partial charge in [-0.05, 0) is 6.92 Å². The van der Waals surface area contributed by atoms with Gasteiger partial charge in [-0.15, -0.1) is 10.2 Å². The SMILES string of the molecule is C/C(=N\N=c1c(=O)c2ccccc2c1=O)NN=c1c(=O)c2ccccc2c1=O. The van der Waals surface area contributed by atoms with E-state index in [1.807, 2.05) is 0 Å². The topological polar surface area (TPSA) is 117 Å². The number of nitrogens with zero attached hydrogens (tertiary/aromatic N) is 3. The molecule has 0 aliphatic rings. The van der Waals surface area contributed by atoms with Crippen molar-refractivity contribution in [2.75, 3.05) is 0 Å². The van der Waals surface area contributed by atoms with Gasteiger partial charge < -0.3 is 0 Å². The van der Waals surface area contributed by atoms with E-state index in [9.17, 15) is 19.2 Å². The van der Waals surface area contributed by atoms with Gasteiger partial charge in [-0.25, -0.2) is 0 Å². The molecule has 8 heteroatoms. The summed E-state index contributed by atoms with van der Waals surface area (Å²) < 4.78 is 0. The van der Waals surface area contributed by atoms with Crippen LogP contribution in [0, 0.1) is 0 Å². The lowest BCUT2D eigenvalue weighted by molar-refractivity contribution is 0.932. The van der Waals surface area contributed by atoms with Gasteiger partial charge in [0.25, 0.3) is 0 Å². The predicted octanol–water partition coefficient (Wildman–Crippen LogP) is -0.475. The van der Waals surface area contributed by atoms with Gasteiger partial charge in [0.05, 0.1) is 0 Å². The van der Waals surface area contributed by atoms with Crippen molar-refractivity contribution < 1.29 is 0 Å². The smallest absolute Gasteiger partial charge is 0.218 e. The monoisotopic (exact) mass is 372 g/mol. The highest BCUT2D eigenvalue weighted by molar-refractivity contribution is 5.84. The fourth-order valence-corrected chi connectivity index (χ4v) is 2.95. The van der Waals surface area contributed by atoms with Gasteiger partial charge >= 0.3 is 0 Å². The first-order valence-corrected chi connectivity index (χ1v) is 8.32. The highest BCUT2D eigenvalue weighted by Crippen LogP contribution is 2.02. The van der Waals surface area contributed by atoms with Crippen molar-refractivity contribution in [3.05, 3.63) is 100 Å². The summed E-state index contributed by atoms with van der Waals surface area (Å²) in [5.74, 6) is 0.105. The number of rotatable bonds is 2. The molecule has 0 heterocycles. The van der Waals surface area contributed by atoms with Crippen molar-refractivity contribution in [2.45, 2.75) is 6.92 Å². The normalized spacial score (nSPS) is 11.8. The molecule has 8 nitrogen and oxygen atoms in total. The number of amidine groups is 1. The second kappa shape index (κ2) is 6.58. The fraction of sp³-hybridized carbons (Fsp3) is 0.0500. The summed E-state index contributed by atoms with van der Waals surface area (Å²) in [4.78, 5) is 49.0. The van der Waals surface area contributed by atoms with Crippen LogP contribution >= 0.6 is 0 Å². The summed E-state index contributed by atoms with van der Waals surface area (Å²) in [7, 11) is 0. The van der Waals surface area contributed by atoms with E-state index in [2.05, 4.69) is 20.7 Å². The van der Waals surface area contributed by atoms with Gasteiger partial charge in [-0.2, -0.15) is 5.10 Å². The third kappa shape index (κ3) is 2.67. The number of hydrogen-bond acceptors (Lipinski definition) is 7. The summed E-state index contributed by atoms with van der Waals surface area (Å²) in [5, 5.41) is 11.9. The molecule has 0 saturated carbocycles. The van der Waals surface area contributed by atoms with Gasteiger partial charge in [0.1, 0.15) is 5.84 Å². The third-order valence-electron chi connectivity index (χ3n) is 4.32. The molecule has 4 aromatic rings. The molecule has 28 heavy (non-hydrogen) atoms. The van der Waals surface area contributed by atoms with Crippen molar-refractivity contribution in [3.8, 4) is 0 Å². The average Bonchev–Trinajstić information content (AvgIpc) is 3.10. The molecular formula is C20H12N4O4. The largest absolute Gasteiger partial charge is 0.287 e. The molecule has 4 rings (SSSR count). The first-order chi connectivity index (χ1) is 13.5. The van der Waals surface area contributed by atoms with Gasteiger partial charge in [-0.3, -0.25) is 24.6 Å². The van der Waals surface area contributed by atoms with Crippen molar-refractivity contribution in [1.29, 1.82) is 0 Å². The van der Waals surface area contributed by atoms with Crippen LogP contribution in [0.3, 0.4) is 0 Å². The van der Waals surface area contributed by atoms with Crippen LogP contribution in [0.1, 0.15) is 6.92 Å². The molecule has 0 bridgehead atoms. The Hall–Kier alpha value is -4.07. The first-order valence-electron chi connectivity index (χ1n) is 8.32. The maximum Gasteiger partial charge on any atom is 0.218 e. The van der Waals surface area contributed by atoms with Crippen molar-refractivity contribution in [1.82, 2.24) is 5.43 Å². The van der Waals surface area contributed by atoms with Crippen molar-refractivity contribution >= 4 is 27.4 Å². The third-order valence-corrected chi connectivity index (χ3v) is 4.32. The van der Waals surface area contributed by atoms with E-state index in [0.29, 0.717) is 10.8 Å². The molecule has 0 atom stereocenters. The van der Waals surface area contributed by atoms with E-state index in [1.165, 1.54) is 6.92 Å². The van der Waals surface area contributed by atoms with E-state index in [0.717, 1.165) is 0 Å². The Morgan fingerprint density at radius 2 is 1.07 bits per heavy atom. The van der Waals surface area contributed by atoms with Crippen LogP contribution in [0.4, 0.5) is 0 Å². The molecule has 4 aromatic carbocycles. The molecule has 1 N–H and O–H groups in total. The van der Waals surface area contributed by atoms with Crippen molar-refractivity contribution in [2.24, 2.45) is 15.3 Å². The van der Waals surface area contributed by atoms with Gasteiger partial charge in [-0.1, -0.05) is 48.5 Å². The van der Waals surface area contributed by atoms with E-state index >= 15 is 0 Å². The molecule has 0 aliphatic heterocycles. The van der Waals surface area contributed by atoms with E-state index in [-0.39, 0.29) is 27.3 Å². The molecular weight excluding hydrogens is 360 g/mol. The maximum absolute atomic E-state index is 12.3. The Kier molecular flexibility index (Phi) is 4.08. The number of nitrogens with one attached hydrogen (secondary N) is 1. The Bertz CT molecular complexity index is 1480. The zero-order valence-corrected chi connectivity index (χ0v) is 14.6. The second-order valence-electron chi connectivity index (χ2n) is 6.11. The number of fused-ring (bicyclic) bond motifs is 2. The molecule has 0 saturated heterocycles. The van der Waals surface area contributed by atoms with Crippen LogP contribution in [0.2, 0.25) is 0 Å². The van der Waals surface area contributed by atoms with E-state index in [1.54, 1.807) is 48.5 Å². The van der Waals surface area contributed by atoms with Crippen LogP contribution < -0.4 is 37.9 Å². The van der Waals surface area contributed by atoms with Gasteiger partial charge in [0, 0.05) is 21.5 Å².